The smallest absolute Gasteiger partial charge is 0.239 e. The number of likely N-dealkylation sites (tertiary alicyclic amines) is 1. The number of carbonyl (C=O) groups excluding carboxylic acids is 1. The molecule has 0 radical (unpaired) electrons. The van der Waals surface area contributed by atoms with Crippen LogP contribution < -0.4 is 5.32 Å². The van der Waals surface area contributed by atoms with Crippen molar-refractivity contribution in [2.24, 2.45) is 16.8 Å². The number of carbonyl (C=O) groups is 1. The van der Waals surface area contributed by atoms with E-state index in [1.807, 2.05) is 7.05 Å². The van der Waals surface area contributed by atoms with Gasteiger partial charge in [0.25, 0.3) is 0 Å². The van der Waals surface area contributed by atoms with E-state index in [9.17, 15) is 4.79 Å². The molecule has 0 aromatic carbocycles. The Morgan fingerprint density at radius 2 is 1.61 bits per heavy atom. The van der Waals surface area contributed by atoms with Crippen molar-refractivity contribution in [1.82, 2.24) is 20.0 Å². The van der Waals surface area contributed by atoms with Gasteiger partial charge in [-0.15, -0.1) is 0 Å². The largest absolute Gasteiger partial charge is 0.353 e. The average molecular weight is 390 g/mol. The van der Waals surface area contributed by atoms with Gasteiger partial charge in [-0.2, -0.15) is 0 Å². The summed E-state index contributed by atoms with van der Waals surface area (Å²) >= 11 is 0. The first kappa shape index (κ1) is 20.0. The number of amides is 1. The summed E-state index contributed by atoms with van der Waals surface area (Å²) in [6.07, 6.45) is 10.8. The third-order valence-electron chi connectivity index (χ3n) is 7.56. The van der Waals surface area contributed by atoms with Gasteiger partial charge in [-0.1, -0.05) is 32.1 Å². The quantitative estimate of drug-likeness (QED) is 0.591. The summed E-state index contributed by atoms with van der Waals surface area (Å²) in [5.41, 5.74) is 0. The van der Waals surface area contributed by atoms with Crippen molar-refractivity contribution in [3.63, 3.8) is 0 Å². The molecule has 1 N–H and O–H groups in total. The number of rotatable bonds is 4. The summed E-state index contributed by atoms with van der Waals surface area (Å²) in [6.45, 7) is 7.78. The van der Waals surface area contributed by atoms with Gasteiger partial charge in [0.1, 0.15) is 0 Å². The second-order valence-electron chi connectivity index (χ2n) is 9.33. The Morgan fingerprint density at radius 3 is 2.25 bits per heavy atom. The molecule has 2 aliphatic heterocycles. The third kappa shape index (κ3) is 4.47. The molecule has 2 heterocycles. The van der Waals surface area contributed by atoms with E-state index in [2.05, 4.69) is 31.9 Å². The second kappa shape index (κ2) is 9.02. The predicted molar refractivity (Wildman–Crippen MR) is 113 cm³/mol. The van der Waals surface area contributed by atoms with Gasteiger partial charge in [0.05, 0.1) is 6.04 Å². The van der Waals surface area contributed by atoms with Crippen LogP contribution in [0.25, 0.3) is 0 Å². The van der Waals surface area contributed by atoms with Crippen molar-refractivity contribution in [3.05, 3.63) is 0 Å². The van der Waals surface area contributed by atoms with Gasteiger partial charge in [0.15, 0.2) is 5.96 Å². The first-order chi connectivity index (χ1) is 13.7. The number of hydrogen-bond donors (Lipinski definition) is 1. The van der Waals surface area contributed by atoms with E-state index in [4.69, 9.17) is 0 Å². The van der Waals surface area contributed by atoms with Gasteiger partial charge in [-0.3, -0.25) is 14.7 Å². The predicted octanol–water partition coefficient (Wildman–Crippen LogP) is 2.16. The summed E-state index contributed by atoms with van der Waals surface area (Å²) in [6, 6.07) is 0.643. The molecule has 0 bridgehead atoms. The first-order valence-corrected chi connectivity index (χ1v) is 11.7. The number of aliphatic imine (C=N–C) groups is 1. The van der Waals surface area contributed by atoms with Crippen molar-refractivity contribution in [2.45, 2.75) is 70.4 Å². The molecule has 0 aromatic heterocycles. The van der Waals surface area contributed by atoms with Crippen molar-refractivity contribution >= 4 is 11.9 Å². The number of nitrogens with one attached hydrogen (secondary N) is 1. The molecule has 4 rings (SSSR count). The van der Waals surface area contributed by atoms with Crippen molar-refractivity contribution in [3.8, 4) is 0 Å². The molecular weight excluding hydrogens is 350 g/mol. The molecule has 158 valence electrons. The van der Waals surface area contributed by atoms with Crippen LogP contribution in [0.1, 0.15) is 58.3 Å². The Labute approximate surface area is 170 Å². The molecule has 4 fully saturated rings. The maximum Gasteiger partial charge on any atom is 0.239 e. The SMILES string of the molecule is CN=C(NC1CC1C1CCCCC1)N1CCN(C(C)C(=O)N2CCCC2)CC1. The summed E-state index contributed by atoms with van der Waals surface area (Å²) in [5.74, 6) is 3.21. The number of nitrogens with zero attached hydrogens (tertiary/aromatic N) is 4. The van der Waals surface area contributed by atoms with Crippen molar-refractivity contribution < 1.29 is 4.79 Å². The summed E-state index contributed by atoms with van der Waals surface area (Å²) in [5, 5.41) is 3.75. The summed E-state index contributed by atoms with van der Waals surface area (Å²) in [7, 11) is 1.91. The fraction of sp³-hybridized carbons (Fsp3) is 0.909. The Kier molecular flexibility index (Phi) is 6.44. The van der Waals surface area contributed by atoms with Crippen LogP contribution in [0, 0.1) is 11.8 Å². The van der Waals surface area contributed by atoms with Crippen LogP contribution in [-0.2, 0) is 4.79 Å². The highest BCUT2D eigenvalue weighted by Gasteiger charge is 2.44. The van der Waals surface area contributed by atoms with Gasteiger partial charge >= 0.3 is 0 Å². The monoisotopic (exact) mass is 389 g/mol. The molecule has 6 heteroatoms. The third-order valence-corrected chi connectivity index (χ3v) is 7.56. The highest BCUT2D eigenvalue weighted by atomic mass is 16.2. The highest BCUT2D eigenvalue weighted by molar-refractivity contribution is 5.82. The van der Waals surface area contributed by atoms with E-state index in [1.54, 1.807) is 0 Å². The minimum absolute atomic E-state index is 0.00865. The Hall–Kier alpha value is -1.30. The van der Waals surface area contributed by atoms with Gasteiger partial charge < -0.3 is 15.1 Å². The molecule has 1 amide bonds. The fourth-order valence-electron chi connectivity index (χ4n) is 5.61. The summed E-state index contributed by atoms with van der Waals surface area (Å²) in [4.78, 5) is 24.1. The molecular formula is C22H39N5O. The Morgan fingerprint density at radius 1 is 0.929 bits per heavy atom. The van der Waals surface area contributed by atoms with Crippen LogP contribution in [0.15, 0.2) is 4.99 Å². The first-order valence-electron chi connectivity index (χ1n) is 11.7. The normalized spacial score (nSPS) is 31.1. The van der Waals surface area contributed by atoms with Crippen molar-refractivity contribution in [1.29, 1.82) is 0 Å². The minimum atomic E-state index is 0.00865. The van der Waals surface area contributed by atoms with Gasteiger partial charge in [-0.25, -0.2) is 0 Å². The van der Waals surface area contributed by atoms with Crippen LogP contribution in [0.4, 0.5) is 0 Å². The zero-order valence-electron chi connectivity index (χ0n) is 17.9. The number of hydrogen-bond acceptors (Lipinski definition) is 3. The van der Waals surface area contributed by atoms with Gasteiger partial charge in [0.2, 0.25) is 5.91 Å². The average Bonchev–Trinajstić information content (AvgIpc) is 3.30. The van der Waals surface area contributed by atoms with E-state index in [-0.39, 0.29) is 6.04 Å². The van der Waals surface area contributed by atoms with Gasteiger partial charge in [0, 0.05) is 52.4 Å². The van der Waals surface area contributed by atoms with E-state index in [0.29, 0.717) is 11.9 Å². The lowest BCUT2D eigenvalue weighted by atomic mass is 9.85. The maximum absolute atomic E-state index is 12.7. The molecule has 0 aromatic rings. The molecule has 4 aliphatic rings. The molecule has 2 aliphatic carbocycles. The minimum Gasteiger partial charge on any atom is -0.353 e. The maximum atomic E-state index is 12.7. The summed E-state index contributed by atoms with van der Waals surface area (Å²) < 4.78 is 0. The van der Waals surface area contributed by atoms with Crippen LogP contribution >= 0.6 is 0 Å². The Bertz CT molecular complexity index is 559. The van der Waals surface area contributed by atoms with Crippen LogP contribution in [0.2, 0.25) is 0 Å². The fourth-order valence-corrected chi connectivity index (χ4v) is 5.61. The van der Waals surface area contributed by atoms with E-state index in [0.717, 1.165) is 69.9 Å². The second-order valence-corrected chi connectivity index (χ2v) is 9.33. The standard InChI is InChI=1S/C22H39N5O/c1-17(21(28)26-10-6-7-11-26)25-12-14-27(15-13-25)22(23-2)24-20-16-19(20)18-8-4-3-5-9-18/h17-20H,3-16H2,1-2H3,(H,23,24). The molecule has 2 saturated carbocycles. The lowest BCUT2D eigenvalue weighted by Crippen LogP contribution is -2.57. The lowest BCUT2D eigenvalue weighted by molar-refractivity contribution is -0.135. The van der Waals surface area contributed by atoms with Crippen LogP contribution in [-0.4, -0.2) is 85.0 Å². The zero-order chi connectivity index (χ0) is 19.5. The zero-order valence-corrected chi connectivity index (χ0v) is 17.9. The van der Waals surface area contributed by atoms with E-state index >= 15 is 0 Å². The van der Waals surface area contributed by atoms with Crippen LogP contribution in [0.3, 0.4) is 0 Å². The van der Waals surface area contributed by atoms with Crippen molar-refractivity contribution in [2.75, 3.05) is 46.3 Å². The molecule has 6 nitrogen and oxygen atoms in total. The lowest BCUT2D eigenvalue weighted by Gasteiger charge is -2.39. The topological polar surface area (TPSA) is 51.2 Å². The van der Waals surface area contributed by atoms with E-state index < -0.39 is 0 Å². The molecule has 3 unspecified atom stereocenters. The number of piperazine rings is 1. The molecule has 2 saturated heterocycles. The molecule has 0 spiro atoms. The Balaban J connectivity index is 1.23. The highest BCUT2D eigenvalue weighted by Crippen LogP contribution is 2.44. The van der Waals surface area contributed by atoms with E-state index in [1.165, 1.54) is 38.5 Å². The van der Waals surface area contributed by atoms with Gasteiger partial charge in [-0.05, 0) is 38.0 Å². The van der Waals surface area contributed by atoms with Crippen LogP contribution in [0.5, 0.6) is 0 Å². The molecule has 3 atom stereocenters. The number of guanidine groups is 1. The molecule has 28 heavy (non-hydrogen) atoms.